The summed E-state index contributed by atoms with van der Waals surface area (Å²) in [6.07, 6.45) is 2.73. The minimum atomic E-state index is -0.978. The fourth-order valence-corrected chi connectivity index (χ4v) is 2.40. The van der Waals surface area contributed by atoms with Gasteiger partial charge in [0.05, 0.1) is 11.4 Å². The molecule has 0 amide bonds. The lowest BCUT2D eigenvalue weighted by atomic mass is 10.1. The number of carboxylic acid groups (broad SMARTS) is 1. The fraction of sp³-hybridized carbons (Fsp3) is 0.308. The summed E-state index contributed by atoms with van der Waals surface area (Å²) in [6, 6.07) is 4.00. The molecule has 0 spiro atoms. The van der Waals surface area contributed by atoms with Crippen LogP contribution in [0.4, 0.5) is 0 Å². The molecule has 2 heterocycles. The molecule has 0 aliphatic heterocycles. The summed E-state index contributed by atoms with van der Waals surface area (Å²) in [5.74, 6) is -0.978. The van der Waals surface area contributed by atoms with E-state index in [2.05, 4.69) is 28.3 Å². The van der Waals surface area contributed by atoms with Crippen molar-refractivity contribution in [3.05, 3.63) is 45.7 Å². The number of pyridine rings is 1. The highest BCUT2D eigenvalue weighted by Crippen LogP contribution is 2.10. The molecule has 100 valence electrons. The van der Waals surface area contributed by atoms with E-state index in [1.807, 2.05) is 6.07 Å². The summed E-state index contributed by atoms with van der Waals surface area (Å²) >= 11 is 1.15. The minimum absolute atomic E-state index is 0.129. The molecular formula is C13H15N3O2S. The molecule has 2 rings (SSSR count). The third kappa shape index (κ3) is 3.59. The van der Waals surface area contributed by atoms with Crippen molar-refractivity contribution in [2.24, 2.45) is 0 Å². The average molecular weight is 277 g/mol. The number of aromatic carboxylic acids is 1. The smallest absolute Gasteiger partial charge is 0.365 e. The van der Waals surface area contributed by atoms with Crippen molar-refractivity contribution in [3.8, 4) is 0 Å². The van der Waals surface area contributed by atoms with Gasteiger partial charge in [-0.05, 0) is 18.1 Å². The van der Waals surface area contributed by atoms with Crippen LogP contribution in [-0.2, 0) is 19.5 Å². The molecule has 0 atom stereocenters. The van der Waals surface area contributed by atoms with Crippen molar-refractivity contribution >= 4 is 17.3 Å². The van der Waals surface area contributed by atoms with E-state index in [-0.39, 0.29) is 5.01 Å². The number of carboxylic acids is 1. The number of hydrogen-bond donors (Lipinski definition) is 2. The molecular weight excluding hydrogens is 262 g/mol. The number of rotatable bonds is 6. The summed E-state index contributed by atoms with van der Waals surface area (Å²) in [5, 5.41) is 13.9. The Morgan fingerprint density at radius 2 is 2.32 bits per heavy atom. The van der Waals surface area contributed by atoms with Gasteiger partial charge < -0.3 is 10.4 Å². The van der Waals surface area contributed by atoms with Gasteiger partial charge in [-0.3, -0.25) is 4.98 Å². The van der Waals surface area contributed by atoms with E-state index in [4.69, 9.17) is 5.11 Å². The van der Waals surface area contributed by atoms with Crippen LogP contribution in [0, 0.1) is 0 Å². The Morgan fingerprint density at radius 3 is 3.00 bits per heavy atom. The zero-order chi connectivity index (χ0) is 13.7. The van der Waals surface area contributed by atoms with Crippen LogP contribution in [-0.4, -0.2) is 21.0 Å². The molecule has 0 unspecified atom stereocenters. The van der Waals surface area contributed by atoms with Crippen LogP contribution in [0.3, 0.4) is 0 Å². The Kier molecular flexibility index (Phi) is 4.59. The standard InChI is InChI=1S/C13H15N3O2S/c1-2-9-4-3-5-15-11(9)7-14-6-10-8-19-12(16-10)13(17)18/h3-5,8,14H,2,6-7H2,1H3,(H,17,18). The van der Waals surface area contributed by atoms with Gasteiger partial charge in [-0.1, -0.05) is 13.0 Å². The van der Waals surface area contributed by atoms with Crippen molar-refractivity contribution in [1.82, 2.24) is 15.3 Å². The largest absolute Gasteiger partial charge is 0.476 e. The van der Waals surface area contributed by atoms with Gasteiger partial charge in [0.15, 0.2) is 0 Å². The minimum Gasteiger partial charge on any atom is -0.476 e. The number of nitrogens with one attached hydrogen (secondary N) is 1. The van der Waals surface area contributed by atoms with Crippen molar-refractivity contribution < 1.29 is 9.90 Å². The van der Waals surface area contributed by atoms with Gasteiger partial charge in [0.2, 0.25) is 5.01 Å². The number of hydrogen-bond acceptors (Lipinski definition) is 5. The molecule has 0 radical (unpaired) electrons. The number of aryl methyl sites for hydroxylation is 1. The van der Waals surface area contributed by atoms with Gasteiger partial charge in [0, 0.05) is 24.7 Å². The second-order valence-electron chi connectivity index (χ2n) is 4.02. The zero-order valence-electron chi connectivity index (χ0n) is 10.6. The van der Waals surface area contributed by atoms with E-state index in [0.29, 0.717) is 13.1 Å². The third-order valence-electron chi connectivity index (χ3n) is 2.70. The first-order valence-electron chi connectivity index (χ1n) is 6.02. The average Bonchev–Trinajstić information content (AvgIpc) is 2.88. The van der Waals surface area contributed by atoms with E-state index < -0.39 is 5.97 Å². The monoisotopic (exact) mass is 277 g/mol. The van der Waals surface area contributed by atoms with Crippen molar-refractivity contribution in [2.45, 2.75) is 26.4 Å². The van der Waals surface area contributed by atoms with E-state index >= 15 is 0 Å². The van der Waals surface area contributed by atoms with Crippen LogP contribution in [0.15, 0.2) is 23.7 Å². The van der Waals surface area contributed by atoms with Crippen LogP contribution in [0.2, 0.25) is 0 Å². The van der Waals surface area contributed by atoms with E-state index in [1.165, 1.54) is 5.56 Å². The molecule has 2 aromatic rings. The molecule has 2 N–H and O–H groups in total. The maximum absolute atomic E-state index is 10.7. The second kappa shape index (κ2) is 6.40. The maximum atomic E-state index is 10.7. The van der Waals surface area contributed by atoms with E-state index in [9.17, 15) is 4.79 Å². The first-order valence-corrected chi connectivity index (χ1v) is 6.90. The molecule has 2 aromatic heterocycles. The van der Waals surface area contributed by atoms with Gasteiger partial charge in [-0.15, -0.1) is 11.3 Å². The Balaban J connectivity index is 1.90. The normalized spacial score (nSPS) is 10.6. The van der Waals surface area contributed by atoms with Gasteiger partial charge >= 0.3 is 5.97 Å². The maximum Gasteiger partial charge on any atom is 0.365 e. The van der Waals surface area contributed by atoms with Crippen molar-refractivity contribution in [1.29, 1.82) is 0 Å². The summed E-state index contributed by atoms with van der Waals surface area (Å²) in [6.45, 7) is 3.30. The predicted molar refractivity (Wildman–Crippen MR) is 73.2 cm³/mol. The van der Waals surface area contributed by atoms with Gasteiger partial charge in [0.25, 0.3) is 0 Å². The summed E-state index contributed by atoms with van der Waals surface area (Å²) < 4.78 is 0. The molecule has 0 aromatic carbocycles. The molecule has 5 nitrogen and oxygen atoms in total. The topological polar surface area (TPSA) is 75.1 Å². The van der Waals surface area contributed by atoms with Crippen molar-refractivity contribution in [3.63, 3.8) is 0 Å². The van der Waals surface area contributed by atoms with Crippen LogP contribution in [0.25, 0.3) is 0 Å². The fourth-order valence-electron chi connectivity index (χ4n) is 1.75. The lowest BCUT2D eigenvalue weighted by molar-refractivity contribution is 0.0696. The number of aromatic nitrogens is 2. The Bertz CT molecular complexity index is 569. The highest BCUT2D eigenvalue weighted by atomic mass is 32.1. The molecule has 0 bridgehead atoms. The van der Waals surface area contributed by atoms with E-state index in [0.717, 1.165) is 29.1 Å². The summed E-state index contributed by atoms with van der Waals surface area (Å²) in [5.41, 5.74) is 2.99. The highest BCUT2D eigenvalue weighted by Gasteiger charge is 2.08. The van der Waals surface area contributed by atoms with Gasteiger partial charge in [-0.2, -0.15) is 0 Å². The molecule has 19 heavy (non-hydrogen) atoms. The molecule has 0 saturated heterocycles. The zero-order valence-corrected chi connectivity index (χ0v) is 11.4. The lowest BCUT2D eigenvalue weighted by Crippen LogP contribution is -2.15. The van der Waals surface area contributed by atoms with E-state index in [1.54, 1.807) is 11.6 Å². The molecule has 0 fully saturated rings. The number of carbonyl (C=O) groups is 1. The van der Waals surface area contributed by atoms with Crippen molar-refractivity contribution in [2.75, 3.05) is 0 Å². The molecule has 6 heteroatoms. The quantitative estimate of drug-likeness (QED) is 0.845. The lowest BCUT2D eigenvalue weighted by Gasteiger charge is -2.06. The molecule has 0 saturated carbocycles. The van der Waals surface area contributed by atoms with Gasteiger partial charge in [-0.25, -0.2) is 9.78 Å². The highest BCUT2D eigenvalue weighted by molar-refractivity contribution is 7.11. The molecule has 0 aliphatic carbocycles. The molecule has 0 aliphatic rings. The van der Waals surface area contributed by atoms with Crippen LogP contribution < -0.4 is 5.32 Å². The Morgan fingerprint density at radius 1 is 1.47 bits per heavy atom. The SMILES string of the molecule is CCc1cccnc1CNCc1csc(C(=O)O)n1. The summed E-state index contributed by atoms with van der Waals surface area (Å²) in [7, 11) is 0. The van der Waals surface area contributed by atoms with Gasteiger partial charge in [0.1, 0.15) is 0 Å². The van der Waals surface area contributed by atoms with Crippen LogP contribution in [0.5, 0.6) is 0 Å². The first kappa shape index (κ1) is 13.6. The second-order valence-corrected chi connectivity index (χ2v) is 4.87. The van der Waals surface area contributed by atoms with Crippen LogP contribution >= 0.6 is 11.3 Å². The summed E-state index contributed by atoms with van der Waals surface area (Å²) in [4.78, 5) is 19.1. The first-order chi connectivity index (χ1) is 9.20. The third-order valence-corrected chi connectivity index (χ3v) is 3.58. The predicted octanol–water partition coefficient (Wildman–Crippen LogP) is 2.09. The van der Waals surface area contributed by atoms with Crippen LogP contribution in [0.1, 0.15) is 33.7 Å². The number of thiazole rings is 1. The Hall–Kier alpha value is -1.79. The number of nitrogens with zero attached hydrogens (tertiary/aromatic N) is 2. The Labute approximate surface area is 115 Å².